The topological polar surface area (TPSA) is 99.3 Å². The molecule has 0 saturated carbocycles. The molecule has 1 aliphatic heterocycles. The van der Waals surface area contributed by atoms with E-state index in [9.17, 15) is 18.8 Å². The quantitative estimate of drug-likeness (QED) is 0.665. The third-order valence-corrected chi connectivity index (χ3v) is 3.54. The summed E-state index contributed by atoms with van der Waals surface area (Å²) < 4.78 is 13.7. The SMILES string of the molecule is CC1=C(C(=O)NCC(=O)Nc2ccc(C)cc2F)[C@@H](C)NC(=O)N1. The number of carbonyl (C=O) groups is 3. The maximum Gasteiger partial charge on any atom is 0.319 e. The first-order chi connectivity index (χ1) is 11.3. The molecule has 128 valence electrons. The van der Waals surface area contributed by atoms with Crippen molar-refractivity contribution in [2.75, 3.05) is 11.9 Å². The smallest absolute Gasteiger partial charge is 0.319 e. The lowest BCUT2D eigenvalue weighted by Gasteiger charge is -2.25. The van der Waals surface area contributed by atoms with Crippen molar-refractivity contribution in [3.63, 3.8) is 0 Å². The van der Waals surface area contributed by atoms with E-state index in [2.05, 4.69) is 21.3 Å². The summed E-state index contributed by atoms with van der Waals surface area (Å²) in [6.45, 7) is 4.69. The van der Waals surface area contributed by atoms with Crippen LogP contribution < -0.4 is 21.3 Å². The van der Waals surface area contributed by atoms with Crippen LogP contribution in [0.15, 0.2) is 29.5 Å². The Kier molecular flexibility index (Phi) is 5.18. The van der Waals surface area contributed by atoms with Gasteiger partial charge in [0.05, 0.1) is 23.8 Å². The molecule has 0 aromatic heterocycles. The minimum atomic E-state index is -0.551. The number of amides is 4. The molecular weight excluding hydrogens is 315 g/mol. The van der Waals surface area contributed by atoms with E-state index >= 15 is 0 Å². The first-order valence-electron chi connectivity index (χ1n) is 7.40. The summed E-state index contributed by atoms with van der Waals surface area (Å²) in [5.74, 6) is -1.57. The monoisotopic (exact) mass is 334 g/mol. The summed E-state index contributed by atoms with van der Waals surface area (Å²) in [5.41, 5.74) is 1.55. The lowest BCUT2D eigenvalue weighted by Crippen LogP contribution is -2.50. The van der Waals surface area contributed by atoms with Gasteiger partial charge in [-0.3, -0.25) is 9.59 Å². The van der Waals surface area contributed by atoms with E-state index < -0.39 is 23.7 Å². The number of halogens is 1. The summed E-state index contributed by atoms with van der Waals surface area (Å²) in [6.07, 6.45) is 0. The third kappa shape index (κ3) is 4.09. The van der Waals surface area contributed by atoms with Crippen molar-refractivity contribution in [1.29, 1.82) is 0 Å². The fourth-order valence-corrected chi connectivity index (χ4v) is 2.41. The highest BCUT2D eigenvalue weighted by molar-refractivity contribution is 6.01. The van der Waals surface area contributed by atoms with Gasteiger partial charge in [-0.15, -0.1) is 0 Å². The Balaban J connectivity index is 1.95. The fraction of sp³-hybridized carbons (Fsp3) is 0.312. The maximum absolute atomic E-state index is 13.7. The zero-order chi connectivity index (χ0) is 17.9. The summed E-state index contributed by atoms with van der Waals surface area (Å²) in [7, 11) is 0. The molecule has 0 saturated heterocycles. The summed E-state index contributed by atoms with van der Waals surface area (Å²) in [6, 6.07) is 3.57. The molecule has 1 aromatic rings. The normalized spacial score (nSPS) is 17.0. The van der Waals surface area contributed by atoms with Crippen molar-refractivity contribution < 1.29 is 18.8 Å². The van der Waals surface area contributed by atoms with Gasteiger partial charge in [-0.2, -0.15) is 0 Å². The highest BCUT2D eigenvalue weighted by Gasteiger charge is 2.26. The van der Waals surface area contributed by atoms with Gasteiger partial charge < -0.3 is 21.3 Å². The van der Waals surface area contributed by atoms with Crippen molar-refractivity contribution in [3.8, 4) is 0 Å². The molecule has 2 rings (SSSR count). The first-order valence-corrected chi connectivity index (χ1v) is 7.40. The molecule has 24 heavy (non-hydrogen) atoms. The molecule has 0 radical (unpaired) electrons. The van der Waals surface area contributed by atoms with Crippen LogP contribution in [0.2, 0.25) is 0 Å². The standard InChI is InChI=1S/C16H19FN4O3/c1-8-4-5-12(11(17)6-8)21-13(22)7-18-15(23)14-9(2)19-16(24)20-10(14)3/h4-6,9H,7H2,1-3H3,(H,18,23)(H,21,22)(H2,19,20,24)/t9-/m1/s1. The Morgan fingerprint density at radius 3 is 2.62 bits per heavy atom. The molecule has 1 aliphatic rings. The number of carbonyl (C=O) groups excluding carboxylic acids is 3. The number of urea groups is 1. The van der Waals surface area contributed by atoms with Crippen LogP contribution in [0.3, 0.4) is 0 Å². The average Bonchev–Trinajstić information content (AvgIpc) is 2.47. The second-order valence-electron chi connectivity index (χ2n) is 5.57. The summed E-state index contributed by atoms with van der Waals surface area (Å²) in [5, 5.41) is 9.91. The van der Waals surface area contributed by atoms with Crippen LogP contribution in [0.4, 0.5) is 14.9 Å². The van der Waals surface area contributed by atoms with Crippen molar-refractivity contribution in [1.82, 2.24) is 16.0 Å². The molecule has 4 N–H and O–H groups in total. The number of hydrogen-bond acceptors (Lipinski definition) is 3. The minimum Gasteiger partial charge on any atom is -0.343 e. The number of nitrogens with one attached hydrogen (secondary N) is 4. The van der Waals surface area contributed by atoms with E-state index in [1.54, 1.807) is 26.8 Å². The van der Waals surface area contributed by atoms with Crippen LogP contribution in [0, 0.1) is 12.7 Å². The Hall–Kier alpha value is -2.90. The first kappa shape index (κ1) is 17.5. The van der Waals surface area contributed by atoms with Gasteiger partial charge >= 0.3 is 6.03 Å². The zero-order valence-electron chi connectivity index (χ0n) is 13.6. The molecular formula is C16H19FN4O3. The maximum atomic E-state index is 13.7. The molecule has 1 atom stereocenters. The highest BCUT2D eigenvalue weighted by Crippen LogP contribution is 2.15. The van der Waals surface area contributed by atoms with E-state index in [1.807, 2.05) is 0 Å². The van der Waals surface area contributed by atoms with E-state index in [0.29, 0.717) is 11.3 Å². The van der Waals surface area contributed by atoms with Crippen molar-refractivity contribution in [2.24, 2.45) is 0 Å². The highest BCUT2D eigenvalue weighted by atomic mass is 19.1. The second-order valence-corrected chi connectivity index (χ2v) is 5.57. The molecule has 8 heteroatoms. The molecule has 0 fully saturated rings. The predicted octanol–water partition coefficient (Wildman–Crippen LogP) is 1.16. The Morgan fingerprint density at radius 2 is 2.00 bits per heavy atom. The van der Waals surface area contributed by atoms with E-state index in [1.165, 1.54) is 12.1 Å². The van der Waals surface area contributed by atoms with Gasteiger partial charge in [-0.25, -0.2) is 9.18 Å². The predicted molar refractivity (Wildman–Crippen MR) is 86.6 cm³/mol. The largest absolute Gasteiger partial charge is 0.343 e. The third-order valence-electron chi connectivity index (χ3n) is 3.54. The van der Waals surface area contributed by atoms with E-state index in [4.69, 9.17) is 0 Å². The molecule has 0 bridgehead atoms. The number of rotatable bonds is 4. The van der Waals surface area contributed by atoms with Crippen LogP contribution in [-0.2, 0) is 9.59 Å². The molecule has 1 aromatic carbocycles. The number of aryl methyl sites for hydroxylation is 1. The van der Waals surface area contributed by atoms with Crippen LogP contribution >= 0.6 is 0 Å². The minimum absolute atomic E-state index is 0.0511. The van der Waals surface area contributed by atoms with E-state index in [-0.39, 0.29) is 18.3 Å². The summed E-state index contributed by atoms with van der Waals surface area (Å²) >= 11 is 0. The molecule has 0 spiro atoms. The molecule has 1 heterocycles. The Bertz CT molecular complexity index is 730. The number of benzene rings is 1. The number of anilines is 1. The van der Waals surface area contributed by atoms with Crippen LogP contribution in [0.5, 0.6) is 0 Å². The van der Waals surface area contributed by atoms with Crippen molar-refractivity contribution in [3.05, 3.63) is 40.8 Å². The van der Waals surface area contributed by atoms with Gasteiger partial charge in [-0.1, -0.05) is 6.07 Å². The Morgan fingerprint density at radius 1 is 1.29 bits per heavy atom. The molecule has 7 nitrogen and oxygen atoms in total. The fourth-order valence-electron chi connectivity index (χ4n) is 2.41. The number of hydrogen-bond donors (Lipinski definition) is 4. The van der Waals surface area contributed by atoms with Gasteiger partial charge in [0, 0.05) is 5.70 Å². The molecule has 0 aliphatic carbocycles. The van der Waals surface area contributed by atoms with E-state index in [0.717, 1.165) is 5.56 Å². The van der Waals surface area contributed by atoms with Gasteiger partial charge in [0.25, 0.3) is 5.91 Å². The lowest BCUT2D eigenvalue weighted by molar-refractivity contribution is -0.121. The lowest BCUT2D eigenvalue weighted by atomic mass is 10.0. The summed E-state index contributed by atoms with van der Waals surface area (Å²) in [4.78, 5) is 35.3. The van der Waals surface area contributed by atoms with Gasteiger partial charge in [0.1, 0.15) is 5.82 Å². The van der Waals surface area contributed by atoms with Gasteiger partial charge in [0.15, 0.2) is 0 Å². The zero-order valence-corrected chi connectivity index (χ0v) is 13.6. The van der Waals surface area contributed by atoms with Crippen LogP contribution in [-0.4, -0.2) is 30.4 Å². The molecule has 0 unspecified atom stereocenters. The van der Waals surface area contributed by atoms with Crippen LogP contribution in [0.1, 0.15) is 19.4 Å². The average molecular weight is 334 g/mol. The van der Waals surface area contributed by atoms with Gasteiger partial charge in [-0.05, 0) is 38.5 Å². The van der Waals surface area contributed by atoms with Crippen molar-refractivity contribution in [2.45, 2.75) is 26.8 Å². The Labute approximate surface area is 138 Å². The van der Waals surface area contributed by atoms with Crippen molar-refractivity contribution >= 4 is 23.5 Å². The molecule has 4 amide bonds. The van der Waals surface area contributed by atoms with Gasteiger partial charge in [0.2, 0.25) is 5.91 Å². The number of allylic oxidation sites excluding steroid dienone is 1. The second kappa shape index (κ2) is 7.12. The van der Waals surface area contributed by atoms with Crippen LogP contribution in [0.25, 0.3) is 0 Å².